The molecule has 110 valence electrons. The molecule has 0 saturated carbocycles. The van der Waals surface area contributed by atoms with Crippen molar-refractivity contribution in [2.45, 2.75) is 26.9 Å². The van der Waals surface area contributed by atoms with Crippen LogP contribution >= 0.6 is 0 Å². The zero-order valence-corrected chi connectivity index (χ0v) is 12.0. The minimum Gasteiger partial charge on any atom is -0.392 e. The van der Waals surface area contributed by atoms with Crippen LogP contribution in [0.2, 0.25) is 0 Å². The number of hydrogen-bond donors (Lipinski definition) is 4. The van der Waals surface area contributed by atoms with Crippen LogP contribution in [0, 0.1) is 6.92 Å². The Kier molecular flexibility index (Phi) is 6.30. The Morgan fingerprint density at radius 1 is 1.55 bits per heavy atom. The highest BCUT2D eigenvalue weighted by molar-refractivity contribution is 5.92. The number of carbonyl (C=O) groups is 1. The van der Waals surface area contributed by atoms with Crippen molar-refractivity contribution in [3.63, 3.8) is 0 Å². The third kappa shape index (κ3) is 4.41. The number of allylic oxidation sites excluding steroid dienone is 1. The molecule has 1 aromatic rings. The second-order valence-electron chi connectivity index (χ2n) is 4.62. The molecule has 1 aromatic heterocycles. The molecule has 6 heteroatoms. The van der Waals surface area contributed by atoms with Crippen molar-refractivity contribution in [1.82, 2.24) is 15.8 Å². The number of aliphatic hydroxyl groups excluding tert-OH is 1. The van der Waals surface area contributed by atoms with Crippen molar-refractivity contribution >= 4 is 11.5 Å². The summed E-state index contributed by atoms with van der Waals surface area (Å²) in [7, 11) is 0. The van der Waals surface area contributed by atoms with E-state index in [-0.39, 0.29) is 5.69 Å². The Bertz CT molecular complexity index is 498. The summed E-state index contributed by atoms with van der Waals surface area (Å²) in [5.41, 5.74) is 4.55. The molecule has 0 saturated heterocycles. The monoisotopic (exact) mass is 279 g/mol. The van der Waals surface area contributed by atoms with Crippen molar-refractivity contribution < 1.29 is 15.1 Å². The summed E-state index contributed by atoms with van der Waals surface area (Å²) in [6, 6.07) is 1.64. The highest BCUT2D eigenvalue weighted by atomic mass is 16.5. The molecule has 20 heavy (non-hydrogen) atoms. The first-order chi connectivity index (χ1) is 9.49. The first-order valence-electron chi connectivity index (χ1n) is 6.45. The van der Waals surface area contributed by atoms with Gasteiger partial charge in [-0.25, -0.2) is 5.48 Å². The van der Waals surface area contributed by atoms with Crippen molar-refractivity contribution in [2.24, 2.45) is 0 Å². The molecule has 0 aliphatic heterocycles. The molecular weight excluding hydrogens is 258 g/mol. The lowest BCUT2D eigenvalue weighted by molar-refractivity contribution is 0.0700. The second-order valence-corrected chi connectivity index (χ2v) is 4.62. The Morgan fingerprint density at radius 2 is 2.25 bits per heavy atom. The molecule has 6 nitrogen and oxygen atoms in total. The van der Waals surface area contributed by atoms with Gasteiger partial charge in [-0.05, 0) is 43.5 Å². The SMILES string of the molecule is C/C=C(/CNCC(C)O)c1cc(C(=O)NO)ncc1C. The quantitative estimate of drug-likeness (QED) is 0.458. The number of carbonyl (C=O) groups excluding carboxylic acids is 1. The first-order valence-corrected chi connectivity index (χ1v) is 6.45. The predicted molar refractivity (Wildman–Crippen MR) is 76.4 cm³/mol. The van der Waals surface area contributed by atoms with Crippen LogP contribution in [0.3, 0.4) is 0 Å². The molecule has 0 aliphatic rings. The van der Waals surface area contributed by atoms with Crippen LogP contribution < -0.4 is 10.8 Å². The number of pyridine rings is 1. The van der Waals surface area contributed by atoms with Gasteiger partial charge in [0.25, 0.3) is 5.91 Å². The summed E-state index contributed by atoms with van der Waals surface area (Å²) >= 11 is 0. The van der Waals surface area contributed by atoms with Crippen LogP contribution in [0.4, 0.5) is 0 Å². The number of hydroxylamine groups is 1. The second kappa shape index (κ2) is 7.74. The molecule has 1 amide bonds. The van der Waals surface area contributed by atoms with E-state index < -0.39 is 12.0 Å². The molecule has 1 atom stereocenters. The number of aryl methyl sites for hydroxylation is 1. The minimum atomic E-state index is -0.640. The molecule has 0 bridgehead atoms. The van der Waals surface area contributed by atoms with Gasteiger partial charge in [-0.2, -0.15) is 0 Å². The minimum absolute atomic E-state index is 0.156. The van der Waals surface area contributed by atoms with Crippen LogP contribution in [0.15, 0.2) is 18.3 Å². The molecule has 1 heterocycles. The smallest absolute Gasteiger partial charge is 0.293 e. The Labute approximate surface area is 118 Å². The van der Waals surface area contributed by atoms with E-state index >= 15 is 0 Å². The van der Waals surface area contributed by atoms with Crippen LogP contribution in [-0.2, 0) is 0 Å². The summed E-state index contributed by atoms with van der Waals surface area (Å²) in [4.78, 5) is 15.4. The van der Waals surface area contributed by atoms with E-state index in [1.54, 1.807) is 24.7 Å². The maximum Gasteiger partial charge on any atom is 0.293 e. The van der Waals surface area contributed by atoms with Crippen LogP contribution in [-0.4, -0.2) is 40.4 Å². The number of aromatic nitrogens is 1. The van der Waals surface area contributed by atoms with Gasteiger partial charge in [-0.15, -0.1) is 0 Å². The maximum absolute atomic E-state index is 11.4. The fraction of sp³-hybridized carbons (Fsp3) is 0.429. The Hall–Kier alpha value is -1.76. The Morgan fingerprint density at radius 3 is 2.80 bits per heavy atom. The summed E-state index contributed by atoms with van der Waals surface area (Å²) in [5, 5.41) is 21.0. The number of rotatable bonds is 6. The fourth-order valence-electron chi connectivity index (χ4n) is 1.82. The average molecular weight is 279 g/mol. The molecule has 0 aromatic carbocycles. The lowest BCUT2D eigenvalue weighted by Gasteiger charge is -2.13. The van der Waals surface area contributed by atoms with Gasteiger partial charge in [-0.1, -0.05) is 6.08 Å². The first kappa shape index (κ1) is 16.3. The van der Waals surface area contributed by atoms with Gasteiger partial charge in [0.15, 0.2) is 0 Å². The molecule has 0 radical (unpaired) electrons. The molecule has 1 rings (SSSR count). The Balaban J connectivity index is 2.94. The fourth-order valence-corrected chi connectivity index (χ4v) is 1.82. The summed E-state index contributed by atoms with van der Waals surface area (Å²) < 4.78 is 0. The van der Waals surface area contributed by atoms with Crippen LogP contribution in [0.1, 0.15) is 35.5 Å². The number of aliphatic hydroxyl groups is 1. The third-order valence-corrected chi connectivity index (χ3v) is 2.89. The molecular formula is C14H21N3O3. The number of nitrogens with one attached hydrogen (secondary N) is 2. The van der Waals surface area contributed by atoms with Gasteiger partial charge >= 0.3 is 0 Å². The van der Waals surface area contributed by atoms with Crippen LogP contribution in [0.5, 0.6) is 0 Å². The van der Waals surface area contributed by atoms with Crippen molar-refractivity contribution in [1.29, 1.82) is 0 Å². The summed E-state index contributed by atoms with van der Waals surface area (Å²) in [6.07, 6.45) is 3.12. The number of nitrogens with zero attached hydrogens (tertiary/aromatic N) is 1. The van der Waals surface area contributed by atoms with Gasteiger partial charge in [0.2, 0.25) is 0 Å². The topological polar surface area (TPSA) is 94.5 Å². The lowest BCUT2D eigenvalue weighted by atomic mass is 10.0. The third-order valence-electron chi connectivity index (χ3n) is 2.89. The van der Waals surface area contributed by atoms with Crippen molar-refractivity contribution in [3.05, 3.63) is 35.2 Å². The van der Waals surface area contributed by atoms with E-state index in [4.69, 9.17) is 5.21 Å². The van der Waals surface area contributed by atoms with Gasteiger partial charge in [-0.3, -0.25) is 15.0 Å². The van der Waals surface area contributed by atoms with E-state index in [0.29, 0.717) is 13.1 Å². The number of amides is 1. The van der Waals surface area contributed by atoms with E-state index in [1.165, 1.54) is 0 Å². The summed E-state index contributed by atoms with van der Waals surface area (Å²) in [5.74, 6) is -0.640. The van der Waals surface area contributed by atoms with Crippen molar-refractivity contribution in [2.75, 3.05) is 13.1 Å². The highest BCUT2D eigenvalue weighted by Gasteiger charge is 2.11. The molecule has 1 unspecified atom stereocenters. The molecule has 0 spiro atoms. The van der Waals surface area contributed by atoms with E-state index in [9.17, 15) is 9.90 Å². The van der Waals surface area contributed by atoms with E-state index in [2.05, 4.69) is 10.3 Å². The van der Waals surface area contributed by atoms with Gasteiger partial charge in [0, 0.05) is 19.3 Å². The van der Waals surface area contributed by atoms with Crippen LogP contribution in [0.25, 0.3) is 5.57 Å². The average Bonchev–Trinajstić information content (AvgIpc) is 2.43. The zero-order chi connectivity index (χ0) is 15.1. The predicted octanol–water partition coefficient (Wildman–Crippen LogP) is 0.883. The van der Waals surface area contributed by atoms with Gasteiger partial charge < -0.3 is 10.4 Å². The molecule has 0 aliphatic carbocycles. The summed E-state index contributed by atoms with van der Waals surface area (Å²) in [6.45, 7) is 6.59. The van der Waals surface area contributed by atoms with Gasteiger partial charge in [0.05, 0.1) is 6.10 Å². The van der Waals surface area contributed by atoms with Gasteiger partial charge in [0.1, 0.15) is 5.69 Å². The van der Waals surface area contributed by atoms with E-state index in [0.717, 1.165) is 16.7 Å². The molecule has 0 fully saturated rings. The standard InChI is InChI=1S/C14H21N3O3/c1-4-11(8-15-7-10(3)18)12-5-13(14(19)17-20)16-6-9(12)2/h4-6,10,15,18,20H,7-8H2,1-3H3,(H,17,19)/b11-4-. The lowest BCUT2D eigenvalue weighted by Crippen LogP contribution is -2.26. The number of hydrogen-bond acceptors (Lipinski definition) is 5. The normalized spacial score (nSPS) is 13.2. The van der Waals surface area contributed by atoms with E-state index in [1.807, 2.05) is 19.9 Å². The zero-order valence-electron chi connectivity index (χ0n) is 12.0. The maximum atomic E-state index is 11.4. The largest absolute Gasteiger partial charge is 0.392 e. The van der Waals surface area contributed by atoms with Crippen molar-refractivity contribution in [3.8, 4) is 0 Å². The molecule has 4 N–H and O–H groups in total. The highest BCUT2D eigenvalue weighted by Crippen LogP contribution is 2.18.